The summed E-state index contributed by atoms with van der Waals surface area (Å²) < 4.78 is 6.13. The van der Waals surface area contributed by atoms with Gasteiger partial charge in [0.1, 0.15) is 11.5 Å². The topological polar surface area (TPSA) is 9.23 Å². The van der Waals surface area contributed by atoms with Crippen LogP contribution in [0.25, 0.3) is 0 Å². The summed E-state index contributed by atoms with van der Waals surface area (Å²) in [6.45, 7) is 6.23. The highest BCUT2D eigenvalue weighted by Gasteiger charge is 2.29. The fraction of sp³-hybridized carbons (Fsp3) is 0.120. The van der Waals surface area contributed by atoms with E-state index in [1.807, 2.05) is 36.4 Å². The zero-order valence-corrected chi connectivity index (χ0v) is 18.5. The lowest BCUT2D eigenvalue weighted by Gasteiger charge is -2.11. The summed E-state index contributed by atoms with van der Waals surface area (Å²) in [6.07, 6.45) is 2.01. The predicted molar refractivity (Wildman–Crippen MR) is 123 cm³/mol. The molecule has 0 N–H and O–H groups in total. The van der Waals surface area contributed by atoms with Crippen LogP contribution in [0.1, 0.15) is 19.8 Å². The van der Waals surface area contributed by atoms with Crippen LogP contribution in [0.2, 0.25) is 10.0 Å². The van der Waals surface area contributed by atoms with Crippen molar-refractivity contribution in [1.82, 2.24) is 0 Å². The van der Waals surface area contributed by atoms with Gasteiger partial charge in [-0.25, -0.2) is 0 Å². The van der Waals surface area contributed by atoms with E-state index in [0.29, 0.717) is 0 Å². The largest absolute Gasteiger partial charge is 0.457 e. The quantitative estimate of drug-likeness (QED) is 0.364. The molecule has 4 rings (SSSR count). The number of hydrogen-bond acceptors (Lipinski definition) is 1. The molecular weight excluding hydrogens is 419 g/mol. The van der Waals surface area contributed by atoms with E-state index in [1.54, 1.807) is 0 Å². The van der Waals surface area contributed by atoms with Gasteiger partial charge >= 0.3 is 0 Å². The van der Waals surface area contributed by atoms with E-state index in [4.69, 9.17) is 27.9 Å². The van der Waals surface area contributed by atoms with Gasteiger partial charge in [0.05, 0.1) is 10.9 Å². The fourth-order valence-electron chi connectivity index (χ4n) is 3.34. The minimum atomic E-state index is -0.260. The van der Waals surface area contributed by atoms with Gasteiger partial charge in [0, 0.05) is 10.0 Å². The van der Waals surface area contributed by atoms with Crippen molar-refractivity contribution >= 4 is 34.1 Å². The average Bonchev–Trinajstić information content (AvgIpc) is 3.04. The average molecular weight is 440 g/mol. The second-order valence-electron chi connectivity index (χ2n) is 7.00. The first kappa shape index (κ1) is 20.2. The Morgan fingerprint density at radius 2 is 1.17 bits per heavy atom. The third kappa shape index (κ3) is 4.56. The second kappa shape index (κ2) is 8.71. The predicted octanol–water partition coefficient (Wildman–Crippen LogP) is 8.09. The van der Waals surface area contributed by atoms with Gasteiger partial charge < -0.3 is 4.74 Å². The van der Waals surface area contributed by atoms with Gasteiger partial charge in [-0.3, -0.25) is 0 Å². The molecule has 0 aromatic heterocycles. The maximum atomic E-state index is 6.13. The highest BCUT2D eigenvalue weighted by atomic mass is 35.5. The molecule has 0 bridgehead atoms. The van der Waals surface area contributed by atoms with E-state index in [9.17, 15) is 0 Å². The van der Waals surface area contributed by atoms with Crippen LogP contribution in [0.4, 0.5) is 0 Å². The Hall–Kier alpha value is -2.13. The maximum Gasteiger partial charge on any atom is 0.166 e. The Morgan fingerprint density at radius 1 is 0.724 bits per heavy atom. The molecule has 1 aliphatic rings. The molecule has 0 atom stereocenters. The van der Waals surface area contributed by atoms with Gasteiger partial charge in [-0.2, -0.15) is 0 Å². The van der Waals surface area contributed by atoms with Crippen LogP contribution < -0.4 is 4.74 Å². The highest BCUT2D eigenvalue weighted by Crippen LogP contribution is 2.35. The molecule has 0 heterocycles. The molecule has 0 spiro atoms. The first-order valence-electron chi connectivity index (χ1n) is 9.42. The molecule has 0 saturated heterocycles. The molecule has 3 aromatic rings. The molecule has 0 amide bonds. The number of benzene rings is 3. The molecule has 0 fully saturated rings. The van der Waals surface area contributed by atoms with E-state index in [0.717, 1.165) is 40.0 Å². The van der Waals surface area contributed by atoms with Crippen LogP contribution in [0.3, 0.4) is 0 Å². The number of hydrogen-bond donors (Lipinski definition) is 0. The first-order chi connectivity index (χ1) is 14.0. The standard InChI is InChI=1S/C25H21Cl2OS/c1-17-3-4-18(2)25(17)28-21-9-15-24(16-10-21)29(22-11-5-19(26)6-12-22)23-13-7-20(27)8-14-23/h5-16H,1,3-4H2,2H3/q+1. The lowest BCUT2D eigenvalue weighted by atomic mass is 10.2. The van der Waals surface area contributed by atoms with Crippen LogP contribution in [0.5, 0.6) is 5.75 Å². The summed E-state index contributed by atoms with van der Waals surface area (Å²) in [5, 5.41) is 1.47. The number of ether oxygens (including phenoxy) is 1. The highest BCUT2D eigenvalue weighted by molar-refractivity contribution is 7.97. The Labute approximate surface area is 185 Å². The van der Waals surface area contributed by atoms with E-state index >= 15 is 0 Å². The summed E-state index contributed by atoms with van der Waals surface area (Å²) >= 11 is 12.2. The van der Waals surface area contributed by atoms with E-state index in [1.165, 1.54) is 20.3 Å². The minimum Gasteiger partial charge on any atom is -0.457 e. The maximum absolute atomic E-state index is 6.13. The van der Waals surface area contributed by atoms with Gasteiger partial charge in [-0.1, -0.05) is 29.8 Å². The summed E-state index contributed by atoms with van der Waals surface area (Å²) in [6, 6.07) is 24.4. The lowest BCUT2D eigenvalue weighted by molar-refractivity contribution is 0.434. The van der Waals surface area contributed by atoms with Crippen LogP contribution in [0.15, 0.2) is 111 Å². The van der Waals surface area contributed by atoms with Crippen LogP contribution in [-0.4, -0.2) is 0 Å². The first-order valence-corrected chi connectivity index (χ1v) is 11.4. The van der Waals surface area contributed by atoms with Crippen molar-refractivity contribution in [1.29, 1.82) is 0 Å². The van der Waals surface area contributed by atoms with Crippen LogP contribution in [0, 0.1) is 0 Å². The zero-order valence-electron chi connectivity index (χ0n) is 16.1. The van der Waals surface area contributed by atoms with E-state index in [-0.39, 0.29) is 10.9 Å². The third-order valence-electron chi connectivity index (χ3n) is 4.89. The Morgan fingerprint density at radius 3 is 1.59 bits per heavy atom. The Balaban J connectivity index is 1.67. The molecular formula is C25H21Cl2OS+. The van der Waals surface area contributed by atoms with Crippen molar-refractivity contribution in [2.75, 3.05) is 0 Å². The SMILES string of the molecule is C=C1CCC(C)=C1Oc1ccc([S+](c2ccc(Cl)cc2)c2ccc(Cl)cc2)cc1. The number of allylic oxidation sites excluding steroid dienone is 2. The van der Waals surface area contributed by atoms with Crippen molar-refractivity contribution in [3.8, 4) is 5.75 Å². The van der Waals surface area contributed by atoms with Gasteiger partial charge in [0.25, 0.3) is 0 Å². The van der Waals surface area contributed by atoms with Gasteiger partial charge in [-0.15, -0.1) is 0 Å². The smallest absolute Gasteiger partial charge is 0.166 e. The molecule has 29 heavy (non-hydrogen) atoms. The summed E-state index contributed by atoms with van der Waals surface area (Å²) in [5.74, 6) is 1.77. The summed E-state index contributed by atoms with van der Waals surface area (Å²) in [7, 11) is -0.260. The third-order valence-corrected chi connectivity index (χ3v) is 7.62. The van der Waals surface area contributed by atoms with Crippen molar-refractivity contribution in [2.45, 2.75) is 34.5 Å². The lowest BCUT2D eigenvalue weighted by Crippen LogP contribution is -2.05. The molecule has 146 valence electrons. The van der Waals surface area contributed by atoms with Gasteiger partial charge in [-0.05, 0) is 104 Å². The Kier molecular flexibility index (Phi) is 6.05. The Bertz CT molecular complexity index is 1010. The molecule has 4 heteroatoms. The zero-order chi connectivity index (χ0) is 20.4. The molecule has 0 unspecified atom stereocenters. The second-order valence-corrected chi connectivity index (χ2v) is 9.90. The van der Waals surface area contributed by atoms with Gasteiger partial charge in [0.15, 0.2) is 14.7 Å². The summed E-state index contributed by atoms with van der Waals surface area (Å²) in [5.41, 5.74) is 2.34. The molecule has 3 aromatic carbocycles. The summed E-state index contributed by atoms with van der Waals surface area (Å²) in [4.78, 5) is 3.61. The molecule has 0 radical (unpaired) electrons. The monoisotopic (exact) mass is 439 g/mol. The fourth-order valence-corrected chi connectivity index (χ4v) is 5.63. The van der Waals surface area contributed by atoms with Crippen molar-refractivity contribution in [3.63, 3.8) is 0 Å². The number of rotatable bonds is 5. The van der Waals surface area contributed by atoms with E-state index in [2.05, 4.69) is 49.9 Å². The molecule has 1 nitrogen and oxygen atoms in total. The van der Waals surface area contributed by atoms with E-state index < -0.39 is 0 Å². The van der Waals surface area contributed by atoms with Crippen molar-refractivity contribution in [3.05, 3.63) is 106 Å². The molecule has 0 saturated carbocycles. The number of halogens is 2. The normalized spacial score (nSPS) is 14.0. The molecule has 0 aliphatic heterocycles. The van der Waals surface area contributed by atoms with Crippen molar-refractivity contribution in [2.24, 2.45) is 0 Å². The van der Waals surface area contributed by atoms with Gasteiger partial charge in [0.2, 0.25) is 0 Å². The van der Waals surface area contributed by atoms with Crippen LogP contribution in [-0.2, 0) is 10.9 Å². The molecule has 1 aliphatic carbocycles. The van der Waals surface area contributed by atoms with Crippen molar-refractivity contribution < 1.29 is 4.74 Å². The van der Waals surface area contributed by atoms with Crippen LogP contribution >= 0.6 is 23.2 Å². The minimum absolute atomic E-state index is 0.260.